The lowest BCUT2D eigenvalue weighted by atomic mass is 9.80. The molecule has 1 heterocycles. The van der Waals surface area contributed by atoms with Crippen LogP contribution in [0.3, 0.4) is 0 Å². The largest absolute Gasteiger partial charge is 0.478 e. The third kappa shape index (κ3) is 4.10. The first-order chi connectivity index (χ1) is 9.77. The Hall–Kier alpha value is -1.29. The number of nitrogens with zero attached hydrogens (tertiary/aromatic N) is 1. The van der Waals surface area contributed by atoms with Gasteiger partial charge in [0.05, 0.1) is 5.69 Å². The lowest BCUT2D eigenvalue weighted by Gasteiger charge is -2.28. The Morgan fingerprint density at radius 3 is 2.67 bits per heavy atom. The number of aliphatic carboxylic acids is 1. The summed E-state index contributed by atoms with van der Waals surface area (Å²) >= 11 is 3.61. The molecule has 0 radical (unpaired) electrons. The number of carbonyl (C=O) groups is 1. The Kier molecular flexibility index (Phi) is 4.77. The topological polar surface area (TPSA) is 40.5 Å². The second kappa shape index (κ2) is 6.22. The lowest BCUT2D eigenvalue weighted by molar-refractivity contribution is -0.131. The van der Waals surface area contributed by atoms with Crippen LogP contribution < -0.4 is 4.90 Å². The molecule has 0 spiro atoms. The van der Waals surface area contributed by atoms with E-state index < -0.39 is 5.97 Å². The van der Waals surface area contributed by atoms with Gasteiger partial charge in [0.25, 0.3) is 0 Å². The highest BCUT2D eigenvalue weighted by atomic mass is 79.9. The molecule has 21 heavy (non-hydrogen) atoms. The van der Waals surface area contributed by atoms with E-state index in [0.29, 0.717) is 11.3 Å². The molecule has 1 atom stereocenters. The zero-order valence-corrected chi connectivity index (χ0v) is 14.4. The first-order valence-electron chi connectivity index (χ1n) is 7.23. The van der Waals surface area contributed by atoms with Crippen LogP contribution in [0.2, 0.25) is 0 Å². The molecule has 1 fully saturated rings. The maximum Gasteiger partial charge on any atom is 0.328 e. The summed E-state index contributed by atoms with van der Waals surface area (Å²) in [5.74, 6) is -0.223. The molecule has 1 aliphatic rings. The molecule has 0 saturated carbocycles. The summed E-state index contributed by atoms with van der Waals surface area (Å²) in [6.07, 6.45) is 3.99. The predicted octanol–water partition coefficient (Wildman–Crippen LogP) is 4.42. The van der Waals surface area contributed by atoms with E-state index >= 15 is 0 Å². The van der Waals surface area contributed by atoms with Crippen LogP contribution in [0.15, 0.2) is 28.7 Å². The molecule has 0 aliphatic carbocycles. The normalized spacial score (nSPS) is 19.4. The van der Waals surface area contributed by atoms with E-state index in [1.165, 1.54) is 12.1 Å². The third-order valence-corrected chi connectivity index (χ3v) is 4.78. The summed E-state index contributed by atoms with van der Waals surface area (Å²) in [7, 11) is 0. The van der Waals surface area contributed by atoms with Crippen LogP contribution in [0.4, 0.5) is 5.69 Å². The van der Waals surface area contributed by atoms with E-state index in [2.05, 4.69) is 47.7 Å². The van der Waals surface area contributed by atoms with Crippen molar-refractivity contribution in [1.29, 1.82) is 0 Å². The standard InChI is InChI=1S/C17H22BrNO2/c1-17(2,3)13-8-9-19(11-13)15-6-4-12(10-14(15)18)5-7-16(20)21/h4-7,10,13H,8-9,11H2,1-3H3,(H,20,21)/b7-5+. The number of halogens is 1. The summed E-state index contributed by atoms with van der Waals surface area (Å²) in [4.78, 5) is 13.0. The van der Waals surface area contributed by atoms with Crippen LogP contribution in [-0.2, 0) is 4.79 Å². The highest BCUT2D eigenvalue weighted by Crippen LogP contribution is 2.38. The van der Waals surface area contributed by atoms with Gasteiger partial charge in [-0.2, -0.15) is 0 Å². The highest BCUT2D eigenvalue weighted by Gasteiger charge is 2.32. The Morgan fingerprint density at radius 1 is 1.43 bits per heavy atom. The molecule has 0 aromatic heterocycles. The van der Waals surface area contributed by atoms with E-state index in [4.69, 9.17) is 5.11 Å². The predicted molar refractivity (Wildman–Crippen MR) is 90.6 cm³/mol. The summed E-state index contributed by atoms with van der Waals surface area (Å²) in [5.41, 5.74) is 2.42. The molecule has 1 aliphatic heterocycles. The maximum atomic E-state index is 10.6. The molecule has 1 unspecified atom stereocenters. The van der Waals surface area contributed by atoms with Crippen molar-refractivity contribution in [1.82, 2.24) is 0 Å². The van der Waals surface area contributed by atoms with Gasteiger partial charge >= 0.3 is 5.97 Å². The molecule has 1 saturated heterocycles. The van der Waals surface area contributed by atoms with Crippen LogP contribution >= 0.6 is 15.9 Å². The monoisotopic (exact) mass is 351 g/mol. The molecule has 1 N–H and O–H groups in total. The molecule has 0 amide bonds. The van der Waals surface area contributed by atoms with Gasteiger partial charge in [-0.25, -0.2) is 4.79 Å². The number of hydrogen-bond acceptors (Lipinski definition) is 2. The van der Waals surface area contributed by atoms with Gasteiger partial charge in [-0.1, -0.05) is 26.8 Å². The summed E-state index contributed by atoms with van der Waals surface area (Å²) in [5, 5.41) is 8.67. The van der Waals surface area contributed by atoms with Gasteiger partial charge < -0.3 is 10.0 Å². The van der Waals surface area contributed by atoms with E-state index in [0.717, 1.165) is 29.2 Å². The van der Waals surface area contributed by atoms with E-state index in [1.807, 2.05) is 12.1 Å². The second-order valence-electron chi connectivity index (χ2n) is 6.68. The Morgan fingerprint density at radius 2 is 2.14 bits per heavy atom. The second-order valence-corrected chi connectivity index (χ2v) is 7.53. The molecule has 2 rings (SSSR count). The fourth-order valence-electron chi connectivity index (χ4n) is 2.74. The summed E-state index contributed by atoms with van der Waals surface area (Å²) in [6.45, 7) is 9.05. The Bertz CT molecular complexity index is 560. The minimum atomic E-state index is -0.928. The molecule has 1 aromatic carbocycles. The number of carboxylic acid groups (broad SMARTS) is 1. The summed E-state index contributed by atoms with van der Waals surface area (Å²) in [6, 6.07) is 6.00. The van der Waals surface area contributed by atoms with Gasteiger partial charge in [-0.3, -0.25) is 0 Å². The first kappa shape index (κ1) is 16.1. The molecule has 1 aromatic rings. The van der Waals surface area contributed by atoms with Crippen molar-refractivity contribution in [3.63, 3.8) is 0 Å². The maximum absolute atomic E-state index is 10.6. The Labute approximate surface area is 134 Å². The van der Waals surface area contributed by atoms with Gasteiger partial charge in [0, 0.05) is 23.6 Å². The average Bonchev–Trinajstić information content (AvgIpc) is 2.85. The van der Waals surface area contributed by atoms with Crippen LogP contribution in [0.5, 0.6) is 0 Å². The Balaban J connectivity index is 2.14. The number of benzene rings is 1. The lowest BCUT2D eigenvalue weighted by Crippen LogP contribution is -2.26. The number of anilines is 1. The minimum absolute atomic E-state index is 0.339. The molecule has 0 bridgehead atoms. The van der Waals surface area contributed by atoms with Crippen LogP contribution in [0.1, 0.15) is 32.8 Å². The number of carboxylic acids is 1. The van der Waals surface area contributed by atoms with Gasteiger partial charge in [-0.15, -0.1) is 0 Å². The molecular weight excluding hydrogens is 330 g/mol. The fraction of sp³-hybridized carbons (Fsp3) is 0.471. The van der Waals surface area contributed by atoms with Gasteiger partial charge in [0.1, 0.15) is 0 Å². The highest BCUT2D eigenvalue weighted by molar-refractivity contribution is 9.10. The average molecular weight is 352 g/mol. The van der Waals surface area contributed by atoms with E-state index in [9.17, 15) is 4.79 Å². The molecule has 4 heteroatoms. The summed E-state index contributed by atoms with van der Waals surface area (Å²) < 4.78 is 1.02. The van der Waals surface area contributed by atoms with Crippen LogP contribution in [0.25, 0.3) is 6.08 Å². The third-order valence-electron chi connectivity index (χ3n) is 4.14. The number of hydrogen-bond donors (Lipinski definition) is 1. The van der Waals surface area contributed by atoms with Crippen molar-refractivity contribution >= 4 is 33.7 Å². The van der Waals surface area contributed by atoms with Crippen molar-refractivity contribution < 1.29 is 9.90 Å². The van der Waals surface area contributed by atoms with Crippen molar-refractivity contribution in [2.75, 3.05) is 18.0 Å². The molecule has 114 valence electrons. The molecular formula is C17H22BrNO2. The fourth-order valence-corrected chi connectivity index (χ4v) is 3.38. The van der Waals surface area contributed by atoms with Gasteiger partial charge in [-0.05, 0) is 57.5 Å². The van der Waals surface area contributed by atoms with Crippen molar-refractivity contribution in [2.24, 2.45) is 11.3 Å². The quantitative estimate of drug-likeness (QED) is 0.819. The molecule has 3 nitrogen and oxygen atoms in total. The van der Waals surface area contributed by atoms with E-state index in [-0.39, 0.29) is 0 Å². The van der Waals surface area contributed by atoms with Crippen LogP contribution in [-0.4, -0.2) is 24.2 Å². The first-order valence-corrected chi connectivity index (χ1v) is 8.02. The zero-order chi connectivity index (χ0) is 15.6. The SMILES string of the molecule is CC(C)(C)C1CCN(c2ccc(/C=C/C(=O)O)cc2Br)C1. The van der Waals surface area contributed by atoms with Crippen LogP contribution in [0, 0.1) is 11.3 Å². The van der Waals surface area contributed by atoms with Crippen molar-refractivity contribution in [3.8, 4) is 0 Å². The zero-order valence-electron chi connectivity index (χ0n) is 12.8. The van der Waals surface area contributed by atoms with E-state index in [1.54, 1.807) is 6.08 Å². The van der Waals surface area contributed by atoms with Crippen molar-refractivity contribution in [3.05, 3.63) is 34.3 Å². The van der Waals surface area contributed by atoms with Gasteiger partial charge in [0.2, 0.25) is 0 Å². The van der Waals surface area contributed by atoms with Gasteiger partial charge in [0.15, 0.2) is 0 Å². The number of rotatable bonds is 3. The smallest absolute Gasteiger partial charge is 0.328 e. The minimum Gasteiger partial charge on any atom is -0.478 e. The van der Waals surface area contributed by atoms with Crippen molar-refractivity contribution in [2.45, 2.75) is 27.2 Å².